The standard InChI is InChI=1S/C26H37N3O6S/c1-6-16-27-26(31)20(2)28(19-21-11-9-12-22(18-21)34-3)25(30)15-10-17-29(36(5,32)33)23-13-7-8-14-24(23)35-4/h7-9,11-14,18,20H,6,10,15-17,19H2,1-5H3,(H,27,31). The molecule has 10 heteroatoms. The molecular formula is C26H37N3O6S. The van der Waals surface area contributed by atoms with Crippen molar-refractivity contribution >= 4 is 27.5 Å². The molecule has 1 atom stereocenters. The first-order valence-corrected chi connectivity index (χ1v) is 13.8. The molecule has 0 radical (unpaired) electrons. The van der Waals surface area contributed by atoms with Crippen LogP contribution in [0.4, 0.5) is 5.69 Å². The fourth-order valence-electron chi connectivity index (χ4n) is 3.76. The second kappa shape index (κ2) is 13.7. The minimum atomic E-state index is -3.61. The lowest BCUT2D eigenvalue weighted by Gasteiger charge is -2.29. The highest BCUT2D eigenvalue weighted by Gasteiger charge is 2.27. The molecule has 0 aliphatic heterocycles. The maximum absolute atomic E-state index is 13.3. The molecule has 0 aromatic heterocycles. The van der Waals surface area contributed by atoms with Gasteiger partial charge in [-0.2, -0.15) is 0 Å². The predicted molar refractivity (Wildman–Crippen MR) is 141 cm³/mol. The number of nitrogens with one attached hydrogen (secondary N) is 1. The number of rotatable bonds is 14. The van der Waals surface area contributed by atoms with Crippen molar-refractivity contribution in [2.45, 2.75) is 45.7 Å². The molecule has 2 aromatic carbocycles. The highest BCUT2D eigenvalue weighted by Crippen LogP contribution is 2.29. The number of carbonyl (C=O) groups excluding carboxylic acids is 2. The second-order valence-electron chi connectivity index (χ2n) is 8.45. The molecular weight excluding hydrogens is 482 g/mol. The van der Waals surface area contributed by atoms with E-state index >= 15 is 0 Å². The molecule has 0 fully saturated rings. The Morgan fingerprint density at radius 3 is 2.42 bits per heavy atom. The van der Waals surface area contributed by atoms with Gasteiger partial charge in [-0.05, 0) is 49.6 Å². The van der Waals surface area contributed by atoms with E-state index in [1.807, 2.05) is 31.2 Å². The number of amides is 2. The minimum Gasteiger partial charge on any atom is -0.497 e. The van der Waals surface area contributed by atoms with Gasteiger partial charge in [0.25, 0.3) is 0 Å². The van der Waals surface area contributed by atoms with Crippen molar-refractivity contribution < 1.29 is 27.5 Å². The third-order valence-corrected chi connectivity index (χ3v) is 6.89. The van der Waals surface area contributed by atoms with Crippen LogP contribution in [0, 0.1) is 0 Å². The average Bonchev–Trinajstić information content (AvgIpc) is 2.87. The Kier molecular flexibility index (Phi) is 11.0. The summed E-state index contributed by atoms with van der Waals surface area (Å²) in [5.41, 5.74) is 1.24. The third kappa shape index (κ3) is 8.15. The third-order valence-electron chi connectivity index (χ3n) is 5.71. The van der Waals surface area contributed by atoms with E-state index in [0.717, 1.165) is 18.2 Å². The zero-order valence-corrected chi connectivity index (χ0v) is 22.5. The summed E-state index contributed by atoms with van der Waals surface area (Å²) in [6, 6.07) is 13.5. The number of hydrogen-bond acceptors (Lipinski definition) is 6. The first-order valence-electron chi connectivity index (χ1n) is 11.9. The number of nitrogens with zero attached hydrogens (tertiary/aromatic N) is 2. The molecule has 0 aliphatic carbocycles. The fraction of sp³-hybridized carbons (Fsp3) is 0.462. The van der Waals surface area contributed by atoms with Gasteiger partial charge in [0.1, 0.15) is 17.5 Å². The molecule has 1 unspecified atom stereocenters. The average molecular weight is 520 g/mol. The van der Waals surface area contributed by atoms with Gasteiger partial charge in [0.15, 0.2) is 0 Å². The Bertz CT molecular complexity index is 1120. The van der Waals surface area contributed by atoms with Crippen molar-refractivity contribution in [2.75, 3.05) is 37.9 Å². The van der Waals surface area contributed by atoms with Crippen LogP contribution in [0.5, 0.6) is 11.5 Å². The number of hydrogen-bond donors (Lipinski definition) is 1. The number of sulfonamides is 1. The highest BCUT2D eigenvalue weighted by molar-refractivity contribution is 7.92. The summed E-state index contributed by atoms with van der Waals surface area (Å²) >= 11 is 0. The first kappa shape index (κ1) is 29.0. The van der Waals surface area contributed by atoms with Crippen LogP contribution in [0.3, 0.4) is 0 Å². The van der Waals surface area contributed by atoms with Crippen molar-refractivity contribution in [1.29, 1.82) is 0 Å². The van der Waals surface area contributed by atoms with Crippen LogP contribution in [-0.2, 0) is 26.2 Å². The Morgan fingerprint density at radius 1 is 1.06 bits per heavy atom. The summed E-state index contributed by atoms with van der Waals surface area (Å²) in [5.74, 6) is 0.601. The molecule has 2 amide bonds. The number of anilines is 1. The van der Waals surface area contributed by atoms with E-state index in [1.165, 1.54) is 16.3 Å². The topological polar surface area (TPSA) is 105 Å². The van der Waals surface area contributed by atoms with Gasteiger partial charge in [-0.25, -0.2) is 8.42 Å². The molecule has 0 spiro atoms. The highest BCUT2D eigenvalue weighted by atomic mass is 32.2. The van der Waals surface area contributed by atoms with E-state index in [4.69, 9.17) is 9.47 Å². The van der Waals surface area contributed by atoms with Crippen molar-refractivity contribution in [1.82, 2.24) is 10.2 Å². The molecule has 1 N–H and O–H groups in total. The molecule has 0 bridgehead atoms. The van der Waals surface area contributed by atoms with E-state index in [0.29, 0.717) is 23.7 Å². The van der Waals surface area contributed by atoms with Crippen molar-refractivity contribution in [3.63, 3.8) is 0 Å². The molecule has 0 saturated carbocycles. The number of ether oxygens (including phenoxy) is 2. The summed E-state index contributed by atoms with van der Waals surface area (Å²) < 4.78 is 36.9. The smallest absolute Gasteiger partial charge is 0.242 e. The number of para-hydroxylation sites is 2. The summed E-state index contributed by atoms with van der Waals surface area (Å²) in [6.45, 7) is 4.49. The molecule has 0 saturated heterocycles. The number of carbonyl (C=O) groups is 2. The monoisotopic (exact) mass is 519 g/mol. The van der Waals surface area contributed by atoms with Crippen molar-refractivity contribution in [2.24, 2.45) is 0 Å². The Morgan fingerprint density at radius 2 is 1.78 bits per heavy atom. The van der Waals surface area contributed by atoms with Crippen molar-refractivity contribution in [3.8, 4) is 11.5 Å². The quantitative estimate of drug-likeness (QED) is 0.411. The Balaban J connectivity index is 2.20. The number of methoxy groups -OCH3 is 2. The lowest BCUT2D eigenvalue weighted by atomic mass is 10.1. The number of benzene rings is 2. The van der Waals surface area contributed by atoms with E-state index in [1.54, 1.807) is 38.3 Å². The van der Waals surface area contributed by atoms with Gasteiger partial charge in [0, 0.05) is 26.1 Å². The van der Waals surface area contributed by atoms with Crippen LogP contribution >= 0.6 is 0 Å². The van der Waals surface area contributed by atoms with Crippen LogP contribution in [0.25, 0.3) is 0 Å². The van der Waals surface area contributed by atoms with Gasteiger partial charge < -0.3 is 19.7 Å². The van der Waals surface area contributed by atoms with Crippen LogP contribution in [0.15, 0.2) is 48.5 Å². The molecule has 2 aromatic rings. The summed E-state index contributed by atoms with van der Waals surface area (Å²) in [6.07, 6.45) is 2.24. The van der Waals surface area contributed by atoms with Gasteiger partial charge >= 0.3 is 0 Å². The lowest BCUT2D eigenvalue weighted by molar-refractivity contribution is -0.140. The minimum absolute atomic E-state index is 0.0660. The fourth-order valence-corrected chi connectivity index (χ4v) is 4.73. The molecule has 198 valence electrons. The Labute approximate surface area is 214 Å². The Hall–Kier alpha value is -3.27. The predicted octanol–water partition coefficient (Wildman–Crippen LogP) is 3.19. The van der Waals surface area contributed by atoms with Gasteiger partial charge in [0.2, 0.25) is 21.8 Å². The van der Waals surface area contributed by atoms with Gasteiger partial charge in [-0.3, -0.25) is 13.9 Å². The summed E-state index contributed by atoms with van der Waals surface area (Å²) in [7, 11) is -0.571. The van der Waals surface area contributed by atoms with Crippen LogP contribution < -0.4 is 19.1 Å². The van der Waals surface area contributed by atoms with E-state index in [9.17, 15) is 18.0 Å². The lowest BCUT2D eigenvalue weighted by Crippen LogP contribution is -2.47. The maximum atomic E-state index is 13.3. The molecule has 9 nitrogen and oxygen atoms in total. The van der Waals surface area contributed by atoms with Gasteiger partial charge in [-0.1, -0.05) is 31.2 Å². The largest absolute Gasteiger partial charge is 0.497 e. The van der Waals surface area contributed by atoms with Crippen molar-refractivity contribution in [3.05, 3.63) is 54.1 Å². The van der Waals surface area contributed by atoms with E-state index < -0.39 is 16.1 Å². The van der Waals surface area contributed by atoms with Crippen LogP contribution in [0.1, 0.15) is 38.7 Å². The van der Waals surface area contributed by atoms with Gasteiger partial charge in [-0.15, -0.1) is 0 Å². The zero-order chi connectivity index (χ0) is 26.7. The first-order chi connectivity index (χ1) is 17.1. The molecule has 0 heterocycles. The maximum Gasteiger partial charge on any atom is 0.242 e. The summed E-state index contributed by atoms with van der Waals surface area (Å²) in [5, 5.41) is 2.85. The van der Waals surface area contributed by atoms with Gasteiger partial charge in [0.05, 0.1) is 26.2 Å². The molecule has 2 rings (SSSR count). The van der Waals surface area contributed by atoms with Crippen LogP contribution in [0.2, 0.25) is 0 Å². The zero-order valence-electron chi connectivity index (χ0n) is 21.7. The van der Waals surface area contributed by atoms with E-state index in [-0.39, 0.29) is 37.7 Å². The summed E-state index contributed by atoms with van der Waals surface area (Å²) in [4.78, 5) is 27.6. The second-order valence-corrected chi connectivity index (χ2v) is 10.4. The molecule has 0 aliphatic rings. The van der Waals surface area contributed by atoms with E-state index in [2.05, 4.69) is 5.32 Å². The molecule has 36 heavy (non-hydrogen) atoms. The van der Waals surface area contributed by atoms with Crippen LogP contribution in [-0.4, -0.2) is 64.7 Å². The SMILES string of the molecule is CCCNC(=O)C(C)N(Cc1cccc(OC)c1)C(=O)CCCN(c1ccccc1OC)S(C)(=O)=O. The normalized spacial score (nSPS) is 11.9.